The molecule has 7 nitrogen and oxygen atoms in total. The van der Waals surface area contributed by atoms with E-state index in [9.17, 15) is 13.2 Å². The molecule has 1 aromatic heterocycles. The molecule has 3 rings (SSSR count). The molecular weight excluding hydrogens is 442 g/mol. The number of amides is 1. The van der Waals surface area contributed by atoms with Crippen molar-refractivity contribution in [2.45, 2.75) is 30.7 Å². The number of anilines is 1. The molecule has 0 atom stereocenters. The summed E-state index contributed by atoms with van der Waals surface area (Å²) in [5.41, 5.74) is 0.950. The van der Waals surface area contributed by atoms with Crippen molar-refractivity contribution in [1.29, 1.82) is 0 Å². The summed E-state index contributed by atoms with van der Waals surface area (Å²) >= 11 is 6.46. The minimum atomic E-state index is -3.90. The monoisotopic (exact) mass is 465 g/mol. The van der Waals surface area contributed by atoms with E-state index in [2.05, 4.69) is 4.98 Å². The van der Waals surface area contributed by atoms with E-state index < -0.39 is 9.84 Å². The van der Waals surface area contributed by atoms with Gasteiger partial charge < -0.3 is 9.32 Å². The zero-order chi connectivity index (χ0) is 22.2. The number of benzene rings is 1. The molecule has 2 heterocycles. The molecule has 160 valence electrons. The third-order valence-corrected chi connectivity index (χ3v) is 7.31. The Hall–Kier alpha value is -2.17. The second kappa shape index (κ2) is 8.52. The molecule has 0 aliphatic carbocycles. The lowest BCUT2D eigenvalue weighted by Gasteiger charge is -2.16. The van der Waals surface area contributed by atoms with Crippen molar-refractivity contribution >= 4 is 56.0 Å². The number of thioether (sulfide) groups is 1. The molecule has 0 radical (unpaired) electrons. The van der Waals surface area contributed by atoms with Crippen molar-refractivity contribution in [3.63, 3.8) is 0 Å². The van der Waals surface area contributed by atoms with Crippen molar-refractivity contribution in [3.05, 3.63) is 40.6 Å². The molecule has 1 aliphatic heterocycles. The van der Waals surface area contributed by atoms with E-state index in [0.717, 1.165) is 17.3 Å². The predicted octanol–water partition coefficient (Wildman–Crippen LogP) is 3.74. The third kappa shape index (κ3) is 4.45. The van der Waals surface area contributed by atoms with Gasteiger partial charge in [0.2, 0.25) is 26.6 Å². The van der Waals surface area contributed by atoms with Crippen molar-refractivity contribution < 1.29 is 17.6 Å². The summed E-state index contributed by atoms with van der Waals surface area (Å²) in [5.74, 6) is 0.167. The number of nitrogens with zero attached hydrogens (tertiary/aromatic N) is 3. The molecule has 1 saturated heterocycles. The van der Waals surface area contributed by atoms with Gasteiger partial charge in [-0.25, -0.2) is 8.42 Å². The molecule has 1 fully saturated rings. The van der Waals surface area contributed by atoms with Crippen LogP contribution in [0.3, 0.4) is 0 Å². The number of aryl methyl sites for hydroxylation is 1. The minimum absolute atomic E-state index is 0.0365. The van der Waals surface area contributed by atoms with Gasteiger partial charge in [-0.1, -0.05) is 55.5 Å². The number of hydrogen-bond donors (Lipinski definition) is 0. The van der Waals surface area contributed by atoms with Gasteiger partial charge in [0.15, 0.2) is 0 Å². The Kier molecular flexibility index (Phi) is 6.40. The topological polar surface area (TPSA) is 83.7 Å². The van der Waals surface area contributed by atoms with E-state index in [4.69, 9.17) is 16.6 Å². The lowest BCUT2D eigenvalue weighted by atomic mass is 10.2. The lowest BCUT2D eigenvalue weighted by Crippen LogP contribution is -2.31. The second-order valence-corrected chi connectivity index (χ2v) is 11.1. The first-order valence-electron chi connectivity index (χ1n) is 9.26. The van der Waals surface area contributed by atoms with Crippen LogP contribution in [0.2, 0.25) is 0 Å². The summed E-state index contributed by atoms with van der Waals surface area (Å²) in [4.78, 5) is 20.4. The smallest absolute Gasteiger partial charge is 0.266 e. The number of carbonyl (C=O) groups is 1. The molecule has 2 aromatic rings. The normalized spacial score (nSPS) is 16.2. The summed E-state index contributed by atoms with van der Waals surface area (Å²) in [6, 6.07) is 6.53. The first kappa shape index (κ1) is 22.5. The Labute approximate surface area is 186 Å². The highest BCUT2D eigenvalue weighted by atomic mass is 32.2. The van der Waals surface area contributed by atoms with Gasteiger partial charge >= 0.3 is 0 Å². The van der Waals surface area contributed by atoms with Gasteiger partial charge in [-0.2, -0.15) is 4.98 Å². The number of carbonyl (C=O) groups excluding carboxylic acids is 1. The Morgan fingerprint density at radius 1 is 1.27 bits per heavy atom. The van der Waals surface area contributed by atoms with E-state index in [-0.39, 0.29) is 33.5 Å². The van der Waals surface area contributed by atoms with Crippen LogP contribution in [0.1, 0.15) is 25.3 Å². The Morgan fingerprint density at radius 2 is 1.90 bits per heavy atom. The van der Waals surface area contributed by atoms with Gasteiger partial charge in [-0.15, -0.1) is 0 Å². The largest absolute Gasteiger partial charge is 0.420 e. The van der Waals surface area contributed by atoms with Crippen LogP contribution in [0.15, 0.2) is 43.5 Å². The summed E-state index contributed by atoms with van der Waals surface area (Å²) in [6.07, 6.45) is 1.45. The summed E-state index contributed by atoms with van der Waals surface area (Å²) in [5, 5.41) is -0.194. The molecule has 1 aromatic carbocycles. The third-order valence-electron chi connectivity index (χ3n) is 4.26. The van der Waals surface area contributed by atoms with Crippen LogP contribution in [0.5, 0.6) is 0 Å². The van der Waals surface area contributed by atoms with Gasteiger partial charge in [0.1, 0.15) is 4.32 Å². The fourth-order valence-corrected chi connectivity index (χ4v) is 5.42. The van der Waals surface area contributed by atoms with E-state index in [1.54, 1.807) is 26.2 Å². The highest BCUT2D eigenvalue weighted by Crippen LogP contribution is 2.35. The summed E-state index contributed by atoms with van der Waals surface area (Å²) < 4.78 is 32.4. The van der Waals surface area contributed by atoms with E-state index >= 15 is 0 Å². The van der Waals surface area contributed by atoms with Crippen molar-refractivity contribution in [3.8, 4) is 0 Å². The predicted molar refractivity (Wildman–Crippen MR) is 122 cm³/mol. The fourth-order valence-electron chi connectivity index (χ4n) is 2.80. The second-order valence-electron chi connectivity index (χ2n) is 7.56. The SMILES string of the molecule is Cc1ccc(S(=O)(=O)c2nc(C=C3SC(=S)N(CC(C)C)C3=O)oc2N(C)C)cc1. The maximum Gasteiger partial charge on any atom is 0.266 e. The molecular formula is C20H23N3O4S3. The van der Waals surface area contributed by atoms with E-state index in [1.807, 2.05) is 20.8 Å². The number of aromatic nitrogens is 1. The van der Waals surface area contributed by atoms with Crippen LogP contribution in [-0.4, -0.2) is 49.2 Å². The highest BCUT2D eigenvalue weighted by molar-refractivity contribution is 8.26. The van der Waals surface area contributed by atoms with Gasteiger partial charge in [-0.05, 0) is 25.0 Å². The molecule has 10 heteroatoms. The quantitative estimate of drug-likeness (QED) is 0.471. The number of sulfone groups is 1. The standard InChI is InChI=1S/C20H23N3O4S3/c1-12(2)11-23-18(24)15(29-20(23)28)10-16-21-17(19(27-16)22(4)5)30(25,26)14-8-6-13(3)7-9-14/h6-10,12H,11H2,1-5H3. The molecule has 0 unspecified atom stereocenters. The Morgan fingerprint density at radius 3 is 2.47 bits per heavy atom. The molecule has 0 saturated carbocycles. The number of thiocarbonyl (C=S) groups is 1. The maximum absolute atomic E-state index is 13.1. The molecule has 30 heavy (non-hydrogen) atoms. The van der Waals surface area contributed by atoms with Crippen LogP contribution < -0.4 is 4.90 Å². The van der Waals surface area contributed by atoms with Crippen molar-refractivity contribution in [1.82, 2.24) is 9.88 Å². The minimum Gasteiger partial charge on any atom is -0.420 e. The van der Waals surface area contributed by atoms with Crippen LogP contribution in [0, 0.1) is 12.8 Å². The average molecular weight is 466 g/mol. The highest BCUT2D eigenvalue weighted by Gasteiger charge is 2.34. The van der Waals surface area contributed by atoms with E-state index in [0.29, 0.717) is 15.8 Å². The molecule has 0 bridgehead atoms. The number of hydrogen-bond acceptors (Lipinski definition) is 8. The number of rotatable bonds is 6. The van der Waals surface area contributed by atoms with Crippen molar-refractivity contribution in [2.75, 3.05) is 25.5 Å². The molecule has 0 spiro atoms. The van der Waals surface area contributed by atoms with E-state index in [1.165, 1.54) is 28.0 Å². The maximum atomic E-state index is 13.1. The molecule has 1 aliphatic rings. The van der Waals surface area contributed by atoms with Gasteiger partial charge in [0.05, 0.1) is 9.80 Å². The fraction of sp³-hybridized carbons (Fsp3) is 0.350. The lowest BCUT2D eigenvalue weighted by molar-refractivity contribution is -0.122. The van der Waals surface area contributed by atoms with Gasteiger partial charge in [-0.3, -0.25) is 9.69 Å². The van der Waals surface area contributed by atoms with Gasteiger partial charge in [0.25, 0.3) is 5.91 Å². The van der Waals surface area contributed by atoms with Crippen LogP contribution >= 0.6 is 24.0 Å². The Balaban J connectivity index is 2.01. The van der Waals surface area contributed by atoms with Crippen LogP contribution in [0.4, 0.5) is 5.88 Å². The summed E-state index contributed by atoms with van der Waals surface area (Å²) in [7, 11) is -0.564. The first-order chi connectivity index (χ1) is 14.0. The summed E-state index contributed by atoms with van der Waals surface area (Å²) in [6.45, 7) is 6.40. The molecule has 0 N–H and O–H groups in total. The zero-order valence-electron chi connectivity index (χ0n) is 17.4. The first-order valence-corrected chi connectivity index (χ1v) is 12.0. The Bertz CT molecular complexity index is 1120. The number of oxazole rings is 1. The average Bonchev–Trinajstić information content (AvgIpc) is 3.20. The zero-order valence-corrected chi connectivity index (χ0v) is 19.8. The molecule has 1 amide bonds. The van der Waals surface area contributed by atoms with Gasteiger partial charge in [0, 0.05) is 26.7 Å². The van der Waals surface area contributed by atoms with Crippen LogP contribution in [0.25, 0.3) is 6.08 Å². The van der Waals surface area contributed by atoms with Crippen molar-refractivity contribution in [2.24, 2.45) is 5.92 Å². The van der Waals surface area contributed by atoms with Crippen LogP contribution in [-0.2, 0) is 14.6 Å².